The Morgan fingerprint density at radius 2 is 2.14 bits per heavy atom. The highest BCUT2D eigenvalue weighted by molar-refractivity contribution is 5.33. The van der Waals surface area contributed by atoms with E-state index in [4.69, 9.17) is 0 Å². The van der Waals surface area contributed by atoms with E-state index < -0.39 is 0 Å². The van der Waals surface area contributed by atoms with Crippen molar-refractivity contribution in [2.24, 2.45) is 0 Å². The van der Waals surface area contributed by atoms with Gasteiger partial charge in [0.25, 0.3) is 0 Å². The second-order valence-corrected chi connectivity index (χ2v) is 4.20. The molecule has 2 heterocycles. The number of rotatable bonds is 0. The Hall–Kier alpha value is -0.860. The Kier molecular flexibility index (Phi) is 2.03. The molecule has 1 atom stereocenters. The zero-order valence-corrected chi connectivity index (χ0v) is 8.37. The summed E-state index contributed by atoms with van der Waals surface area (Å²) < 4.78 is 0. The fourth-order valence-corrected chi connectivity index (χ4v) is 2.67. The maximum absolute atomic E-state index is 3.48. The Morgan fingerprint density at radius 1 is 1.21 bits per heavy atom. The van der Waals surface area contributed by atoms with Crippen LogP contribution in [0.4, 0.5) is 0 Å². The van der Waals surface area contributed by atoms with E-state index in [0.29, 0.717) is 6.04 Å². The molecule has 2 aliphatic rings. The monoisotopic (exact) mass is 188 g/mol. The fraction of sp³-hybridized carbons (Fsp3) is 0.500. The average molecular weight is 188 g/mol. The zero-order chi connectivity index (χ0) is 9.38. The first-order valence-corrected chi connectivity index (χ1v) is 5.48. The molecule has 0 spiro atoms. The lowest BCUT2D eigenvalue weighted by Gasteiger charge is -2.40. The molecule has 1 saturated heterocycles. The first kappa shape index (κ1) is 8.45. The van der Waals surface area contributed by atoms with Gasteiger partial charge in [0.1, 0.15) is 0 Å². The fourth-order valence-electron chi connectivity index (χ4n) is 2.67. The summed E-state index contributed by atoms with van der Waals surface area (Å²) in [6.45, 7) is 4.72. The number of piperazine rings is 1. The second-order valence-electron chi connectivity index (χ2n) is 4.20. The Morgan fingerprint density at radius 3 is 3.14 bits per heavy atom. The lowest BCUT2D eigenvalue weighted by molar-refractivity contribution is 0.152. The van der Waals surface area contributed by atoms with Crippen molar-refractivity contribution < 1.29 is 0 Å². The number of hydrogen-bond donors (Lipinski definition) is 1. The maximum Gasteiger partial charge on any atom is 0.0476 e. The molecular formula is C12H16N2. The Balaban J connectivity index is 1.99. The summed E-state index contributed by atoms with van der Waals surface area (Å²) in [5.41, 5.74) is 3.10. The van der Waals surface area contributed by atoms with Crippen LogP contribution in [0.1, 0.15) is 17.2 Å². The topological polar surface area (TPSA) is 15.3 Å². The minimum atomic E-state index is 0.633. The molecular weight excluding hydrogens is 172 g/mol. The van der Waals surface area contributed by atoms with Gasteiger partial charge in [0, 0.05) is 32.2 Å². The van der Waals surface area contributed by atoms with E-state index in [9.17, 15) is 0 Å². The predicted molar refractivity (Wildman–Crippen MR) is 57.3 cm³/mol. The molecule has 1 N–H and O–H groups in total. The van der Waals surface area contributed by atoms with Gasteiger partial charge in [0.2, 0.25) is 0 Å². The van der Waals surface area contributed by atoms with E-state index in [-0.39, 0.29) is 0 Å². The molecule has 1 aromatic rings. The van der Waals surface area contributed by atoms with Gasteiger partial charge in [-0.2, -0.15) is 0 Å². The second kappa shape index (κ2) is 3.37. The van der Waals surface area contributed by atoms with Crippen molar-refractivity contribution in [1.29, 1.82) is 0 Å². The van der Waals surface area contributed by atoms with Crippen molar-refractivity contribution in [2.45, 2.75) is 12.5 Å². The highest BCUT2D eigenvalue weighted by atomic mass is 15.2. The Bertz CT molecular complexity index is 335. The summed E-state index contributed by atoms with van der Waals surface area (Å²) in [5.74, 6) is 0. The molecule has 2 nitrogen and oxygen atoms in total. The highest BCUT2D eigenvalue weighted by Crippen LogP contribution is 2.29. The van der Waals surface area contributed by atoms with Gasteiger partial charge in [0.15, 0.2) is 0 Å². The van der Waals surface area contributed by atoms with Crippen molar-refractivity contribution in [3.05, 3.63) is 35.4 Å². The normalized spacial score (nSPS) is 26.7. The smallest absolute Gasteiger partial charge is 0.0476 e. The molecule has 1 unspecified atom stereocenters. The molecule has 0 aromatic heterocycles. The molecule has 0 bridgehead atoms. The van der Waals surface area contributed by atoms with Gasteiger partial charge in [-0.25, -0.2) is 0 Å². The molecule has 1 aromatic carbocycles. The molecule has 3 rings (SSSR count). The molecule has 0 radical (unpaired) electrons. The standard InChI is InChI=1S/C12H16N2/c1-2-4-11-10(3-1)5-7-14-8-6-13-9-12(11)14/h1-4,12-13H,5-9H2. The van der Waals surface area contributed by atoms with Crippen LogP contribution in [-0.4, -0.2) is 31.1 Å². The first-order valence-electron chi connectivity index (χ1n) is 5.48. The van der Waals surface area contributed by atoms with Crippen molar-refractivity contribution in [3.8, 4) is 0 Å². The van der Waals surface area contributed by atoms with Gasteiger partial charge < -0.3 is 5.32 Å². The van der Waals surface area contributed by atoms with E-state index in [1.54, 1.807) is 11.1 Å². The summed E-state index contributed by atoms with van der Waals surface area (Å²) >= 11 is 0. The quantitative estimate of drug-likeness (QED) is 0.658. The third-order valence-electron chi connectivity index (χ3n) is 3.44. The third-order valence-corrected chi connectivity index (χ3v) is 3.44. The molecule has 14 heavy (non-hydrogen) atoms. The van der Waals surface area contributed by atoms with Crippen molar-refractivity contribution >= 4 is 0 Å². The minimum Gasteiger partial charge on any atom is -0.314 e. The largest absolute Gasteiger partial charge is 0.314 e. The van der Waals surface area contributed by atoms with Crippen LogP contribution in [0.15, 0.2) is 24.3 Å². The number of fused-ring (bicyclic) bond motifs is 3. The van der Waals surface area contributed by atoms with Gasteiger partial charge in [-0.3, -0.25) is 4.90 Å². The predicted octanol–water partition coefficient (Wildman–Crippen LogP) is 1.19. The van der Waals surface area contributed by atoms with E-state index in [2.05, 4.69) is 34.5 Å². The lowest BCUT2D eigenvalue weighted by Crippen LogP contribution is -2.48. The molecule has 74 valence electrons. The number of nitrogens with one attached hydrogen (secondary N) is 1. The molecule has 0 aliphatic carbocycles. The van der Waals surface area contributed by atoms with Gasteiger partial charge in [0.05, 0.1) is 0 Å². The van der Waals surface area contributed by atoms with Crippen LogP contribution in [-0.2, 0) is 6.42 Å². The molecule has 2 aliphatic heterocycles. The van der Waals surface area contributed by atoms with Crippen LogP contribution in [0.5, 0.6) is 0 Å². The summed E-state index contributed by atoms with van der Waals surface area (Å²) in [4.78, 5) is 2.61. The zero-order valence-electron chi connectivity index (χ0n) is 8.37. The van der Waals surface area contributed by atoms with Crippen LogP contribution in [0, 0.1) is 0 Å². The number of nitrogens with zero attached hydrogens (tertiary/aromatic N) is 1. The maximum atomic E-state index is 3.48. The SMILES string of the molecule is c1ccc2c(c1)CCN1CCNCC21. The van der Waals surface area contributed by atoms with E-state index in [1.807, 2.05) is 0 Å². The van der Waals surface area contributed by atoms with Crippen LogP contribution in [0.3, 0.4) is 0 Å². The summed E-state index contributed by atoms with van der Waals surface area (Å²) in [6.07, 6.45) is 1.23. The molecule has 1 fully saturated rings. The van der Waals surface area contributed by atoms with Crippen molar-refractivity contribution in [2.75, 3.05) is 26.2 Å². The number of benzene rings is 1. The van der Waals surface area contributed by atoms with Crippen LogP contribution >= 0.6 is 0 Å². The van der Waals surface area contributed by atoms with Crippen LogP contribution < -0.4 is 5.32 Å². The van der Waals surface area contributed by atoms with E-state index in [0.717, 1.165) is 13.1 Å². The highest BCUT2D eigenvalue weighted by Gasteiger charge is 2.28. The first-order chi connectivity index (χ1) is 6.95. The number of hydrogen-bond acceptors (Lipinski definition) is 2. The van der Waals surface area contributed by atoms with E-state index >= 15 is 0 Å². The van der Waals surface area contributed by atoms with Gasteiger partial charge in [-0.05, 0) is 17.5 Å². The molecule has 0 amide bonds. The third kappa shape index (κ3) is 1.26. The van der Waals surface area contributed by atoms with Gasteiger partial charge in [-0.15, -0.1) is 0 Å². The summed E-state index contributed by atoms with van der Waals surface area (Å²) in [5, 5.41) is 3.48. The van der Waals surface area contributed by atoms with E-state index in [1.165, 1.54) is 19.5 Å². The minimum absolute atomic E-state index is 0.633. The molecule has 2 heteroatoms. The van der Waals surface area contributed by atoms with Gasteiger partial charge >= 0.3 is 0 Å². The summed E-state index contributed by atoms with van der Waals surface area (Å²) in [6, 6.07) is 9.52. The average Bonchev–Trinajstić information content (AvgIpc) is 2.29. The summed E-state index contributed by atoms with van der Waals surface area (Å²) in [7, 11) is 0. The van der Waals surface area contributed by atoms with Crippen LogP contribution in [0.2, 0.25) is 0 Å². The van der Waals surface area contributed by atoms with Crippen molar-refractivity contribution in [1.82, 2.24) is 10.2 Å². The molecule has 0 saturated carbocycles. The van der Waals surface area contributed by atoms with Crippen molar-refractivity contribution in [3.63, 3.8) is 0 Å². The Labute approximate surface area is 84.9 Å². The lowest BCUT2D eigenvalue weighted by atomic mass is 9.91. The van der Waals surface area contributed by atoms with Crippen LogP contribution in [0.25, 0.3) is 0 Å². The van der Waals surface area contributed by atoms with Gasteiger partial charge in [-0.1, -0.05) is 24.3 Å².